The molecule has 1 saturated carbocycles. The van der Waals surface area contributed by atoms with Gasteiger partial charge in [0.05, 0.1) is 5.92 Å². The molecule has 20 heavy (non-hydrogen) atoms. The number of hydrogen-bond acceptors (Lipinski definition) is 3. The van der Waals surface area contributed by atoms with E-state index >= 15 is 0 Å². The lowest BCUT2D eigenvalue weighted by Gasteiger charge is -2.22. The van der Waals surface area contributed by atoms with Crippen molar-refractivity contribution >= 4 is 17.8 Å². The zero-order valence-electron chi connectivity index (χ0n) is 12.0. The molecule has 2 aliphatic rings. The lowest BCUT2D eigenvalue weighted by molar-refractivity contribution is -0.143. The normalized spacial score (nSPS) is 25.4. The van der Waals surface area contributed by atoms with Crippen molar-refractivity contribution in [3.8, 4) is 0 Å². The van der Waals surface area contributed by atoms with Crippen molar-refractivity contribution in [3.05, 3.63) is 0 Å². The highest BCUT2D eigenvalue weighted by Gasteiger charge is 2.42. The maximum Gasteiger partial charge on any atom is 0.326 e. The van der Waals surface area contributed by atoms with Crippen LogP contribution in [0.2, 0.25) is 0 Å². The average Bonchev–Trinajstić information content (AvgIpc) is 3.17. The molecule has 3 atom stereocenters. The van der Waals surface area contributed by atoms with E-state index < -0.39 is 17.9 Å². The maximum absolute atomic E-state index is 12.2. The minimum Gasteiger partial charge on any atom is -0.480 e. The fourth-order valence-corrected chi connectivity index (χ4v) is 2.60. The van der Waals surface area contributed by atoms with Gasteiger partial charge < -0.3 is 15.3 Å². The van der Waals surface area contributed by atoms with Crippen LogP contribution in [0, 0.1) is 11.8 Å². The largest absolute Gasteiger partial charge is 0.480 e. The fraction of sp³-hybridized carbons (Fsp3) is 0.786. The molecule has 0 aromatic carbocycles. The number of nitrogens with zero attached hydrogens (tertiary/aromatic N) is 1. The molecule has 0 aromatic heterocycles. The van der Waals surface area contributed by atoms with Crippen molar-refractivity contribution in [2.24, 2.45) is 11.8 Å². The summed E-state index contributed by atoms with van der Waals surface area (Å²) < 4.78 is 0. The first-order chi connectivity index (χ1) is 9.43. The number of carbonyl (C=O) groups excluding carboxylic acids is 2. The predicted molar refractivity (Wildman–Crippen MR) is 71.9 cm³/mol. The van der Waals surface area contributed by atoms with Crippen molar-refractivity contribution in [2.45, 2.75) is 51.6 Å². The van der Waals surface area contributed by atoms with Gasteiger partial charge in [-0.05, 0) is 18.8 Å². The summed E-state index contributed by atoms with van der Waals surface area (Å²) in [5.41, 5.74) is 0. The third-order valence-electron chi connectivity index (χ3n) is 4.29. The average molecular weight is 282 g/mol. The molecule has 2 amide bonds. The van der Waals surface area contributed by atoms with Crippen molar-refractivity contribution in [1.82, 2.24) is 10.2 Å². The number of likely N-dealkylation sites (tertiary alicyclic amines) is 1. The Morgan fingerprint density at radius 3 is 2.60 bits per heavy atom. The summed E-state index contributed by atoms with van der Waals surface area (Å²) in [4.78, 5) is 36.9. The number of amides is 2. The van der Waals surface area contributed by atoms with Gasteiger partial charge >= 0.3 is 5.97 Å². The van der Waals surface area contributed by atoms with Crippen LogP contribution < -0.4 is 5.32 Å². The van der Waals surface area contributed by atoms with Gasteiger partial charge in [-0.2, -0.15) is 0 Å². The first kappa shape index (κ1) is 14.8. The second-order valence-electron chi connectivity index (χ2n) is 5.89. The summed E-state index contributed by atoms with van der Waals surface area (Å²) in [5, 5.41) is 11.8. The Bertz CT molecular complexity index is 419. The molecule has 0 radical (unpaired) electrons. The molecule has 1 heterocycles. The van der Waals surface area contributed by atoms with Gasteiger partial charge in [0, 0.05) is 19.0 Å². The van der Waals surface area contributed by atoms with Crippen LogP contribution in [-0.2, 0) is 14.4 Å². The number of rotatable bonds is 6. The molecular weight excluding hydrogens is 260 g/mol. The molecule has 0 bridgehead atoms. The van der Waals surface area contributed by atoms with E-state index in [0.717, 1.165) is 12.8 Å². The standard InChI is InChI=1S/C14H22N2O4/c1-3-8(2)12(14(19)20)15-13(18)9-6-11(17)16(7-9)10-4-5-10/h8-10,12H,3-7H2,1-2H3,(H,15,18)(H,19,20)/t8?,9?,12-/m0/s1. The number of nitrogens with one attached hydrogen (secondary N) is 1. The van der Waals surface area contributed by atoms with E-state index in [1.807, 2.05) is 6.92 Å². The van der Waals surface area contributed by atoms with E-state index in [2.05, 4.69) is 5.32 Å². The lowest BCUT2D eigenvalue weighted by atomic mass is 9.98. The molecule has 0 spiro atoms. The fourth-order valence-electron chi connectivity index (χ4n) is 2.60. The molecule has 1 aliphatic heterocycles. The highest BCUT2D eigenvalue weighted by molar-refractivity contribution is 5.91. The Labute approximate surface area is 118 Å². The molecule has 1 aliphatic carbocycles. The quantitative estimate of drug-likeness (QED) is 0.747. The molecule has 2 rings (SSSR count). The van der Waals surface area contributed by atoms with Gasteiger partial charge in [-0.1, -0.05) is 20.3 Å². The first-order valence-corrected chi connectivity index (χ1v) is 7.26. The highest BCUT2D eigenvalue weighted by Crippen LogP contribution is 2.32. The highest BCUT2D eigenvalue weighted by atomic mass is 16.4. The monoisotopic (exact) mass is 282 g/mol. The molecule has 6 nitrogen and oxygen atoms in total. The van der Waals surface area contributed by atoms with Crippen molar-refractivity contribution < 1.29 is 19.5 Å². The molecule has 2 fully saturated rings. The Morgan fingerprint density at radius 1 is 1.45 bits per heavy atom. The summed E-state index contributed by atoms with van der Waals surface area (Å²) >= 11 is 0. The van der Waals surface area contributed by atoms with E-state index in [0.29, 0.717) is 19.0 Å². The van der Waals surface area contributed by atoms with Crippen LogP contribution in [0.4, 0.5) is 0 Å². The summed E-state index contributed by atoms with van der Waals surface area (Å²) in [7, 11) is 0. The number of carbonyl (C=O) groups is 3. The number of hydrogen-bond donors (Lipinski definition) is 2. The number of carboxylic acid groups (broad SMARTS) is 1. The first-order valence-electron chi connectivity index (χ1n) is 7.26. The van der Waals surface area contributed by atoms with Gasteiger partial charge in [0.2, 0.25) is 11.8 Å². The van der Waals surface area contributed by atoms with E-state index in [1.165, 1.54) is 0 Å². The van der Waals surface area contributed by atoms with Crippen molar-refractivity contribution in [1.29, 1.82) is 0 Å². The van der Waals surface area contributed by atoms with Crippen molar-refractivity contribution in [3.63, 3.8) is 0 Å². The van der Waals surface area contributed by atoms with Gasteiger partial charge in [-0.25, -0.2) is 4.79 Å². The van der Waals surface area contributed by atoms with E-state index in [-0.39, 0.29) is 24.2 Å². The second kappa shape index (κ2) is 5.81. The molecule has 0 aromatic rings. The van der Waals surface area contributed by atoms with Gasteiger partial charge in [0.15, 0.2) is 0 Å². The number of carboxylic acids is 1. The van der Waals surface area contributed by atoms with E-state index in [4.69, 9.17) is 0 Å². The van der Waals surface area contributed by atoms with Crippen LogP contribution in [0.5, 0.6) is 0 Å². The molecular formula is C14H22N2O4. The molecule has 112 valence electrons. The second-order valence-corrected chi connectivity index (χ2v) is 5.89. The third kappa shape index (κ3) is 3.11. The zero-order chi connectivity index (χ0) is 14.9. The van der Waals surface area contributed by atoms with Gasteiger partial charge in [-0.3, -0.25) is 9.59 Å². The summed E-state index contributed by atoms with van der Waals surface area (Å²) in [6, 6.07) is -0.567. The summed E-state index contributed by atoms with van der Waals surface area (Å²) in [6.45, 7) is 4.12. The lowest BCUT2D eigenvalue weighted by Crippen LogP contribution is -2.47. The predicted octanol–water partition coefficient (Wildman–Crippen LogP) is 0.613. The topological polar surface area (TPSA) is 86.7 Å². The van der Waals surface area contributed by atoms with Crippen LogP contribution in [0.3, 0.4) is 0 Å². The van der Waals surface area contributed by atoms with Gasteiger partial charge in [0.1, 0.15) is 6.04 Å². The Morgan fingerprint density at radius 2 is 2.10 bits per heavy atom. The smallest absolute Gasteiger partial charge is 0.326 e. The van der Waals surface area contributed by atoms with Crippen LogP contribution in [0.1, 0.15) is 39.5 Å². The minimum absolute atomic E-state index is 0.0167. The van der Waals surface area contributed by atoms with Crippen LogP contribution in [0.25, 0.3) is 0 Å². The van der Waals surface area contributed by atoms with E-state index in [1.54, 1.807) is 11.8 Å². The zero-order valence-corrected chi connectivity index (χ0v) is 12.0. The Kier molecular flexibility index (Phi) is 4.30. The van der Waals surface area contributed by atoms with Crippen LogP contribution >= 0.6 is 0 Å². The molecule has 2 unspecified atom stereocenters. The summed E-state index contributed by atoms with van der Waals surface area (Å²) in [5.74, 6) is -1.85. The number of aliphatic carboxylic acids is 1. The maximum atomic E-state index is 12.2. The molecule has 6 heteroatoms. The SMILES string of the molecule is CCC(C)[C@H](NC(=O)C1CC(=O)N(C2CC2)C1)C(=O)O. The van der Waals surface area contributed by atoms with Crippen molar-refractivity contribution in [2.75, 3.05) is 6.54 Å². The third-order valence-corrected chi connectivity index (χ3v) is 4.29. The Balaban J connectivity index is 1.94. The minimum atomic E-state index is -1.02. The Hall–Kier alpha value is -1.59. The van der Waals surface area contributed by atoms with Crippen LogP contribution in [0.15, 0.2) is 0 Å². The molecule has 2 N–H and O–H groups in total. The summed E-state index contributed by atoms with van der Waals surface area (Å²) in [6.07, 6.45) is 2.92. The van der Waals surface area contributed by atoms with E-state index in [9.17, 15) is 19.5 Å². The van der Waals surface area contributed by atoms with Gasteiger partial charge in [-0.15, -0.1) is 0 Å². The van der Waals surface area contributed by atoms with Crippen LogP contribution in [-0.4, -0.2) is 46.4 Å². The molecule has 1 saturated heterocycles. The van der Waals surface area contributed by atoms with Gasteiger partial charge in [0.25, 0.3) is 0 Å².